The fourth-order valence-electron chi connectivity index (χ4n) is 1.91. The Morgan fingerprint density at radius 1 is 1.37 bits per heavy atom. The van der Waals surface area contributed by atoms with E-state index in [0.717, 1.165) is 0 Å². The molecule has 0 unspecified atom stereocenters. The molecule has 19 heavy (non-hydrogen) atoms. The second-order valence-corrected chi connectivity index (χ2v) is 4.86. The Kier molecular flexibility index (Phi) is 5.09. The van der Waals surface area contributed by atoms with Gasteiger partial charge in [-0.1, -0.05) is 13.8 Å². The number of nitrogens with zero attached hydrogens (tertiary/aromatic N) is 1. The zero-order chi connectivity index (χ0) is 14.6. The van der Waals surface area contributed by atoms with Crippen LogP contribution in [0.2, 0.25) is 0 Å². The van der Waals surface area contributed by atoms with Crippen molar-refractivity contribution in [2.24, 2.45) is 11.7 Å². The van der Waals surface area contributed by atoms with Gasteiger partial charge in [-0.3, -0.25) is 4.79 Å². The molecule has 1 aromatic rings. The van der Waals surface area contributed by atoms with Crippen LogP contribution in [0.1, 0.15) is 25.8 Å². The molecule has 4 nitrogen and oxygen atoms in total. The fourth-order valence-corrected chi connectivity index (χ4v) is 1.91. The van der Waals surface area contributed by atoms with Crippen molar-refractivity contribution in [3.8, 4) is 0 Å². The Hall–Kier alpha value is -1.85. The monoisotopic (exact) mass is 271 g/mol. The summed E-state index contributed by atoms with van der Waals surface area (Å²) in [5.41, 5.74) is 11.1. The molecule has 0 aromatic heterocycles. The minimum Gasteiger partial charge on any atom is -0.399 e. The number of nitrogen functional groups attached to an aromatic ring is 1. The van der Waals surface area contributed by atoms with Gasteiger partial charge in [0.2, 0.25) is 5.91 Å². The van der Waals surface area contributed by atoms with E-state index in [9.17, 15) is 13.6 Å². The number of hydrogen-bond donors (Lipinski definition) is 2. The highest BCUT2D eigenvalue weighted by Crippen LogP contribution is 2.32. The van der Waals surface area contributed by atoms with E-state index in [0.29, 0.717) is 12.2 Å². The molecule has 0 radical (unpaired) electrons. The Morgan fingerprint density at radius 3 is 2.47 bits per heavy atom. The maximum atomic E-state index is 13.0. The standard InChI is InChI=1S/C13H19F2N3O/c1-8(2)6-18(7-12(17)19)11-4-3-9(16)5-10(11)13(14)15/h3-5,8,13H,6-7,16H2,1-2H3,(H2,17,19). The lowest BCUT2D eigenvalue weighted by molar-refractivity contribution is -0.116. The lowest BCUT2D eigenvalue weighted by Crippen LogP contribution is -2.36. The molecule has 0 aliphatic heterocycles. The minimum atomic E-state index is -2.65. The summed E-state index contributed by atoms with van der Waals surface area (Å²) in [6.45, 7) is 4.25. The third-order valence-corrected chi connectivity index (χ3v) is 2.56. The molecule has 0 fully saturated rings. The van der Waals surface area contributed by atoms with Crippen molar-refractivity contribution in [1.82, 2.24) is 0 Å². The highest BCUT2D eigenvalue weighted by Gasteiger charge is 2.20. The second kappa shape index (κ2) is 6.36. The molecule has 0 atom stereocenters. The van der Waals surface area contributed by atoms with E-state index in [2.05, 4.69) is 0 Å². The average Bonchev–Trinajstić information content (AvgIpc) is 2.26. The molecule has 0 bridgehead atoms. The summed E-state index contributed by atoms with van der Waals surface area (Å²) >= 11 is 0. The van der Waals surface area contributed by atoms with Crippen LogP contribution in [0.5, 0.6) is 0 Å². The number of nitrogens with two attached hydrogens (primary N) is 2. The summed E-state index contributed by atoms with van der Waals surface area (Å²) in [6.07, 6.45) is -2.65. The van der Waals surface area contributed by atoms with E-state index in [1.807, 2.05) is 13.8 Å². The smallest absolute Gasteiger partial charge is 0.265 e. The molecule has 1 amide bonds. The first-order valence-corrected chi connectivity index (χ1v) is 6.02. The number of halogens is 2. The number of hydrogen-bond acceptors (Lipinski definition) is 3. The third kappa shape index (κ3) is 4.39. The molecule has 4 N–H and O–H groups in total. The predicted molar refractivity (Wildman–Crippen MR) is 72.1 cm³/mol. The molecule has 1 aromatic carbocycles. The summed E-state index contributed by atoms with van der Waals surface area (Å²) in [6, 6.07) is 4.27. The largest absolute Gasteiger partial charge is 0.399 e. The summed E-state index contributed by atoms with van der Waals surface area (Å²) in [4.78, 5) is 12.6. The zero-order valence-corrected chi connectivity index (χ0v) is 11.1. The van der Waals surface area contributed by atoms with Crippen LogP contribution in [0.25, 0.3) is 0 Å². The van der Waals surface area contributed by atoms with Gasteiger partial charge in [0, 0.05) is 23.5 Å². The Balaban J connectivity index is 3.16. The molecule has 106 valence electrons. The van der Waals surface area contributed by atoms with Gasteiger partial charge < -0.3 is 16.4 Å². The van der Waals surface area contributed by atoms with Gasteiger partial charge in [0.05, 0.1) is 6.54 Å². The van der Waals surface area contributed by atoms with E-state index in [1.165, 1.54) is 18.2 Å². The number of rotatable bonds is 6. The van der Waals surface area contributed by atoms with E-state index in [4.69, 9.17) is 11.5 Å². The quantitative estimate of drug-likeness (QED) is 0.779. The lowest BCUT2D eigenvalue weighted by atomic mass is 10.1. The third-order valence-electron chi connectivity index (χ3n) is 2.56. The number of anilines is 2. The van der Waals surface area contributed by atoms with E-state index in [1.54, 1.807) is 4.90 Å². The minimum absolute atomic E-state index is 0.0954. The first-order valence-electron chi connectivity index (χ1n) is 6.02. The number of benzene rings is 1. The highest BCUT2D eigenvalue weighted by atomic mass is 19.3. The maximum Gasteiger partial charge on any atom is 0.265 e. The number of alkyl halides is 2. The van der Waals surface area contributed by atoms with E-state index in [-0.39, 0.29) is 23.7 Å². The number of primary amides is 1. The summed E-state index contributed by atoms with van der Waals surface area (Å²) in [5.74, 6) is -0.347. The summed E-state index contributed by atoms with van der Waals surface area (Å²) < 4.78 is 26.1. The van der Waals surface area contributed by atoms with Crippen molar-refractivity contribution in [1.29, 1.82) is 0 Å². The van der Waals surface area contributed by atoms with Gasteiger partial charge in [0.1, 0.15) is 0 Å². The van der Waals surface area contributed by atoms with Crippen molar-refractivity contribution < 1.29 is 13.6 Å². The number of carbonyl (C=O) groups is 1. The van der Waals surface area contributed by atoms with Gasteiger partial charge in [-0.15, -0.1) is 0 Å². The normalized spacial score (nSPS) is 11.1. The van der Waals surface area contributed by atoms with Crippen LogP contribution >= 0.6 is 0 Å². The van der Waals surface area contributed by atoms with Crippen molar-refractivity contribution in [2.45, 2.75) is 20.3 Å². The van der Waals surface area contributed by atoms with Gasteiger partial charge in [-0.25, -0.2) is 8.78 Å². The molecule has 0 aliphatic carbocycles. The summed E-state index contributed by atoms with van der Waals surface area (Å²) in [5, 5.41) is 0. The van der Waals surface area contributed by atoms with Crippen LogP contribution in [-0.4, -0.2) is 19.0 Å². The van der Waals surface area contributed by atoms with Crippen LogP contribution < -0.4 is 16.4 Å². The SMILES string of the molecule is CC(C)CN(CC(N)=O)c1ccc(N)cc1C(F)F. The maximum absolute atomic E-state index is 13.0. The first kappa shape index (κ1) is 15.2. The molecule has 0 saturated heterocycles. The van der Waals surface area contributed by atoms with Gasteiger partial charge in [0.15, 0.2) is 0 Å². The van der Waals surface area contributed by atoms with E-state index >= 15 is 0 Å². The topological polar surface area (TPSA) is 72.3 Å². The van der Waals surface area contributed by atoms with Crippen LogP contribution in [0.3, 0.4) is 0 Å². The molecular formula is C13H19F2N3O. The van der Waals surface area contributed by atoms with Crippen LogP contribution in [0.15, 0.2) is 18.2 Å². The Bertz CT molecular complexity index is 450. The highest BCUT2D eigenvalue weighted by molar-refractivity contribution is 5.80. The van der Waals surface area contributed by atoms with Gasteiger partial charge in [-0.05, 0) is 24.1 Å². The molecule has 0 spiro atoms. The second-order valence-electron chi connectivity index (χ2n) is 4.86. The fraction of sp³-hybridized carbons (Fsp3) is 0.462. The van der Waals surface area contributed by atoms with Crippen molar-refractivity contribution in [2.75, 3.05) is 23.7 Å². The van der Waals surface area contributed by atoms with Crippen molar-refractivity contribution in [3.05, 3.63) is 23.8 Å². The van der Waals surface area contributed by atoms with Crippen molar-refractivity contribution >= 4 is 17.3 Å². The summed E-state index contributed by atoms with van der Waals surface area (Å²) in [7, 11) is 0. The Labute approximate surface area is 111 Å². The molecular weight excluding hydrogens is 252 g/mol. The van der Waals surface area contributed by atoms with Gasteiger partial charge >= 0.3 is 0 Å². The Morgan fingerprint density at radius 2 is 2.00 bits per heavy atom. The van der Waals surface area contributed by atoms with Gasteiger partial charge in [0.25, 0.3) is 6.43 Å². The molecule has 0 aliphatic rings. The first-order chi connectivity index (χ1) is 8.81. The molecule has 6 heteroatoms. The lowest BCUT2D eigenvalue weighted by Gasteiger charge is -2.27. The van der Waals surface area contributed by atoms with Crippen LogP contribution in [0, 0.1) is 5.92 Å². The molecule has 1 rings (SSSR count). The van der Waals surface area contributed by atoms with E-state index < -0.39 is 12.3 Å². The van der Waals surface area contributed by atoms with Gasteiger partial charge in [-0.2, -0.15) is 0 Å². The molecule has 0 saturated carbocycles. The van der Waals surface area contributed by atoms with Crippen molar-refractivity contribution in [3.63, 3.8) is 0 Å². The number of carbonyl (C=O) groups excluding carboxylic acids is 1. The zero-order valence-electron chi connectivity index (χ0n) is 11.1. The molecule has 0 heterocycles. The van der Waals surface area contributed by atoms with Crippen LogP contribution in [-0.2, 0) is 4.79 Å². The number of amides is 1. The predicted octanol–water partition coefficient (Wildman–Crippen LogP) is 2.15. The average molecular weight is 271 g/mol. The van der Waals surface area contributed by atoms with Crippen LogP contribution in [0.4, 0.5) is 20.2 Å².